The van der Waals surface area contributed by atoms with Gasteiger partial charge in [-0.2, -0.15) is 16.7 Å². The van der Waals surface area contributed by atoms with Crippen molar-refractivity contribution in [3.05, 3.63) is 53.1 Å². The second kappa shape index (κ2) is 8.92. The minimum Gasteiger partial charge on any atom is -0.326 e. The molecule has 1 N–H and O–H groups in total. The van der Waals surface area contributed by atoms with Gasteiger partial charge in [-0.15, -0.1) is 5.10 Å². The van der Waals surface area contributed by atoms with Gasteiger partial charge in [0.25, 0.3) is 5.78 Å². The number of rotatable bonds is 6. The van der Waals surface area contributed by atoms with Crippen LogP contribution in [-0.4, -0.2) is 61.5 Å². The average molecular weight is 411 g/mol. The van der Waals surface area contributed by atoms with Gasteiger partial charge in [0.1, 0.15) is 0 Å². The number of nitrogens with zero attached hydrogens (tertiary/aromatic N) is 5. The van der Waals surface area contributed by atoms with E-state index in [-0.39, 0.29) is 12.3 Å². The minimum absolute atomic E-state index is 0.122. The van der Waals surface area contributed by atoms with E-state index in [9.17, 15) is 4.79 Å². The molecule has 8 heteroatoms. The average Bonchev–Trinajstić information content (AvgIpc) is 3.10. The number of aryl methyl sites for hydroxylation is 2. The molecule has 0 saturated carbocycles. The lowest BCUT2D eigenvalue weighted by molar-refractivity contribution is -0.115. The summed E-state index contributed by atoms with van der Waals surface area (Å²) in [6, 6.07) is 10.1. The summed E-state index contributed by atoms with van der Waals surface area (Å²) in [6.45, 7) is 7.34. The molecule has 0 bridgehead atoms. The number of fused-ring (bicyclic) bond motifs is 1. The molecule has 4 rings (SSSR count). The summed E-state index contributed by atoms with van der Waals surface area (Å²) in [5.41, 5.74) is 3.92. The van der Waals surface area contributed by atoms with E-state index < -0.39 is 0 Å². The number of thioether (sulfide) groups is 1. The first-order valence-electron chi connectivity index (χ1n) is 9.95. The Balaban J connectivity index is 1.32. The van der Waals surface area contributed by atoms with Crippen LogP contribution in [0.2, 0.25) is 0 Å². The van der Waals surface area contributed by atoms with Gasteiger partial charge in [-0.05, 0) is 44.0 Å². The fourth-order valence-electron chi connectivity index (χ4n) is 3.50. The van der Waals surface area contributed by atoms with Crippen LogP contribution < -0.4 is 5.32 Å². The number of nitrogens with one attached hydrogen (secondary N) is 1. The van der Waals surface area contributed by atoms with Crippen LogP contribution in [0.4, 0.5) is 5.69 Å². The van der Waals surface area contributed by atoms with E-state index in [4.69, 9.17) is 0 Å². The largest absolute Gasteiger partial charge is 0.326 e. The van der Waals surface area contributed by atoms with Crippen LogP contribution in [0.5, 0.6) is 0 Å². The normalized spacial score (nSPS) is 15.0. The monoisotopic (exact) mass is 410 g/mol. The zero-order chi connectivity index (χ0) is 20.2. The summed E-state index contributed by atoms with van der Waals surface area (Å²) >= 11 is 2.04. The number of hydrogen-bond donors (Lipinski definition) is 1. The smallest absolute Gasteiger partial charge is 0.252 e. The fourth-order valence-corrected chi connectivity index (χ4v) is 4.48. The maximum atomic E-state index is 12.4. The summed E-state index contributed by atoms with van der Waals surface area (Å²) in [5, 5.41) is 7.33. The number of amides is 1. The van der Waals surface area contributed by atoms with Gasteiger partial charge in [0.2, 0.25) is 5.91 Å². The van der Waals surface area contributed by atoms with E-state index >= 15 is 0 Å². The van der Waals surface area contributed by atoms with Crippen molar-refractivity contribution in [3.8, 4) is 0 Å². The zero-order valence-electron chi connectivity index (χ0n) is 16.9. The predicted octanol–water partition coefficient (Wildman–Crippen LogP) is 2.51. The third-order valence-corrected chi connectivity index (χ3v) is 5.98. The molecule has 0 unspecified atom stereocenters. The Bertz CT molecular complexity index is 994. The molecular formula is C21H26N6OS. The Morgan fingerprint density at radius 3 is 2.66 bits per heavy atom. The molecule has 7 nitrogen and oxygen atoms in total. The number of benzene rings is 1. The number of hydrogen-bond acceptors (Lipinski definition) is 6. The van der Waals surface area contributed by atoms with Gasteiger partial charge in [0.05, 0.1) is 6.42 Å². The van der Waals surface area contributed by atoms with Gasteiger partial charge in [-0.3, -0.25) is 4.79 Å². The van der Waals surface area contributed by atoms with Crippen molar-refractivity contribution in [1.82, 2.24) is 24.5 Å². The minimum atomic E-state index is -0.131. The lowest BCUT2D eigenvalue weighted by atomic mass is 10.1. The topological polar surface area (TPSA) is 75.4 Å². The van der Waals surface area contributed by atoms with E-state index in [1.54, 1.807) is 4.52 Å². The SMILES string of the molecule is Cc1cc(C)n2nc(CC(=O)Nc3ccc(CCN4CCSCC4)cc3)nc2n1. The standard InChI is InChI=1S/C21H26N6OS/c1-15-13-16(2)27-21(22-15)24-19(25-27)14-20(28)23-18-5-3-17(4-6-18)7-8-26-9-11-29-12-10-26/h3-6,13H,7-12,14H2,1-2H3,(H,23,28). The van der Waals surface area contributed by atoms with Crippen molar-refractivity contribution in [2.45, 2.75) is 26.7 Å². The summed E-state index contributed by atoms with van der Waals surface area (Å²) < 4.78 is 1.67. The number of aromatic nitrogens is 4. The summed E-state index contributed by atoms with van der Waals surface area (Å²) in [6.07, 6.45) is 1.16. The molecular weight excluding hydrogens is 384 g/mol. The second-order valence-electron chi connectivity index (χ2n) is 7.40. The molecule has 1 aliphatic heterocycles. The third kappa shape index (κ3) is 5.13. The molecule has 0 spiro atoms. The quantitative estimate of drug-likeness (QED) is 0.673. The van der Waals surface area contributed by atoms with Crippen LogP contribution in [0.1, 0.15) is 22.8 Å². The molecule has 0 aliphatic carbocycles. The summed E-state index contributed by atoms with van der Waals surface area (Å²) in [5.74, 6) is 3.35. The lowest BCUT2D eigenvalue weighted by Crippen LogP contribution is -2.34. The number of carbonyl (C=O) groups excluding carboxylic acids is 1. The first-order chi connectivity index (χ1) is 14.1. The molecule has 1 aromatic carbocycles. The van der Waals surface area contributed by atoms with Gasteiger partial charge in [0, 0.05) is 48.2 Å². The molecule has 3 heterocycles. The van der Waals surface area contributed by atoms with Crippen molar-refractivity contribution in [2.24, 2.45) is 0 Å². The van der Waals surface area contributed by atoms with Crippen molar-refractivity contribution in [3.63, 3.8) is 0 Å². The van der Waals surface area contributed by atoms with Crippen molar-refractivity contribution in [2.75, 3.05) is 36.5 Å². The van der Waals surface area contributed by atoms with E-state index in [2.05, 4.69) is 37.4 Å². The molecule has 2 aromatic heterocycles. The van der Waals surface area contributed by atoms with Crippen LogP contribution in [0.3, 0.4) is 0 Å². The molecule has 3 aromatic rings. The molecule has 1 aliphatic rings. The molecule has 1 amide bonds. The molecule has 29 heavy (non-hydrogen) atoms. The highest BCUT2D eigenvalue weighted by Gasteiger charge is 2.13. The van der Waals surface area contributed by atoms with E-state index in [1.807, 2.05) is 43.8 Å². The Labute approximate surface area is 174 Å². The van der Waals surface area contributed by atoms with E-state index in [0.717, 1.165) is 30.0 Å². The third-order valence-electron chi connectivity index (χ3n) is 5.04. The zero-order valence-corrected chi connectivity index (χ0v) is 17.7. The maximum absolute atomic E-state index is 12.4. The van der Waals surface area contributed by atoms with E-state index in [1.165, 1.54) is 30.2 Å². The van der Waals surface area contributed by atoms with Crippen molar-refractivity contribution < 1.29 is 4.79 Å². The van der Waals surface area contributed by atoms with Gasteiger partial charge in [-0.1, -0.05) is 12.1 Å². The molecule has 152 valence electrons. The number of carbonyl (C=O) groups is 1. The Hall–Kier alpha value is -2.45. The van der Waals surface area contributed by atoms with Crippen molar-refractivity contribution in [1.29, 1.82) is 0 Å². The van der Waals surface area contributed by atoms with Gasteiger partial charge >= 0.3 is 0 Å². The van der Waals surface area contributed by atoms with Gasteiger partial charge in [-0.25, -0.2) is 9.50 Å². The van der Waals surface area contributed by atoms with Gasteiger partial charge in [0.15, 0.2) is 5.82 Å². The van der Waals surface area contributed by atoms with Crippen LogP contribution >= 0.6 is 11.8 Å². The lowest BCUT2D eigenvalue weighted by Gasteiger charge is -2.26. The van der Waals surface area contributed by atoms with Crippen molar-refractivity contribution >= 4 is 29.1 Å². The Kier molecular flexibility index (Phi) is 6.10. The second-order valence-corrected chi connectivity index (χ2v) is 8.63. The highest BCUT2D eigenvalue weighted by atomic mass is 32.2. The van der Waals surface area contributed by atoms with Crippen LogP contribution in [0, 0.1) is 13.8 Å². The summed E-state index contributed by atoms with van der Waals surface area (Å²) in [7, 11) is 0. The first-order valence-corrected chi connectivity index (χ1v) is 11.1. The van der Waals surface area contributed by atoms with Crippen LogP contribution in [0.15, 0.2) is 30.3 Å². The predicted molar refractivity (Wildman–Crippen MR) is 117 cm³/mol. The van der Waals surface area contributed by atoms with Crippen LogP contribution in [-0.2, 0) is 17.6 Å². The molecule has 1 saturated heterocycles. The first kappa shape index (κ1) is 19.8. The Morgan fingerprint density at radius 1 is 1.14 bits per heavy atom. The highest BCUT2D eigenvalue weighted by Crippen LogP contribution is 2.13. The van der Waals surface area contributed by atoms with Crippen LogP contribution in [0.25, 0.3) is 5.78 Å². The highest BCUT2D eigenvalue weighted by molar-refractivity contribution is 7.99. The fraction of sp³-hybridized carbons (Fsp3) is 0.429. The van der Waals surface area contributed by atoms with Gasteiger partial charge < -0.3 is 10.2 Å². The summed E-state index contributed by atoms with van der Waals surface area (Å²) in [4.78, 5) is 23.7. The molecule has 0 atom stereocenters. The maximum Gasteiger partial charge on any atom is 0.252 e. The van der Waals surface area contributed by atoms with E-state index in [0.29, 0.717) is 11.6 Å². The molecule has 0 radical (unpaired) electrons. The number of anilines is 1. The Morgan fingerprint density at radius 2 is 1.90 bits per heavy atom. The molecule has 1 fully saturated rings.